The molecule has 6 heteroatoms. The lowest BCUT2D eigenvalue weighted by Crippen LogP contribution is -2.41. The van der Waals surface area contributed by atoms with Gasteiger partial charge in [0.15, 0.2) is 0 Å². The number of carbonyl (C=O) groups excluding carboxylic acids is 2. The van der Waals surface area contributed by atoms with Crippen LogP contribution < -0.4 is 5.32 Å². The van der Waals surface area contributed by atoms with Gasteiger partial charge in [-0.3, -0.25) is 9.59 Å². The molecule has 1 aliphatic rings. The Hall–Kier alpha value is -3.07. The average molecular weight is 337 g/mol. The predicted molar refractivity (Wildman–Crippen MR) is 90.8 cm³/mol. The number of carbonyl (C=O) groups is 2. The summed E-state index contributed by atoms with van der Waals surface area (Å²) in [6.07, 6.45) is 4.66. The smallest absolute Gasteiger partial charge is 0.257 e. The topological polar surface area (TPSA) is 86.3 Å². The fraction of sp³-hybridized carbons (Fsp3) is 0.316. The van der Waals surface area contributed by atoms with E-state index in [2.05, 4.69) is 5.32 Å². The van der Waals surface area contributed by atoms with E-state index in [0.717, 1.165) is 12.8 Å². The molecule has 2 heterocycles. The van der Waals surface area contributed by atoms with Gasteiger partial charge in [-0.1, -0.05) is 6.07 Å². The first-order valence-corrected chi connectivity index (χ1v) is 8.27. The molecule has 25 heavy (non-hydrogen) atoms. The summed E-state index contributed by atoms with van der Waals surface area (Å²) in [6.45, 7) is 1.92. The zero-order valence-corrected chi connectivity index (χ0v) is 13.8. The summed E-state index contributed by atoms with van der Waals surface area (Å²) in [4.78, 5) is 26.3. The standard InChI is InChI=1S/C19H19N3O3/c20-11-15-2-1-3-16(10-15)18(23)21-12-14-4-7-22(8-5-14)19(24)17-6-9-25-13-17/h1-3,6,9-10,13-14H,4-5,7-8,12H2,(H,21,23). The highest BCUT2D eigenvalue weighted by Crippen LogP contribution is 2.19. The van der Waals surface area contributed by atoms with Crippen LogP contribution in [0.25, 0.3) is 0 Å². The summed E-state index contributed by atoms with van der Waals surface area (Å²) >= 11 is 0. The molecule has 128 valence electrons. The largest absolute Gasteiger partial charge is 0.472 e. The van der Waals surface area contributed by atoms with Crippen molar-refractivity contribution in [3.05, 3.63) is 59.5 Å². The average Bonchev–Trinajstić information content (AvgIpc) is 3.20. The summed E-state index contributed by atoms with van der Waals surface area (Å²) in [5, 5.41) is 11.8. The zero-order chi connectivity index (χ0) is 17.6. The highest BCUT2D eigenvalue weighted by molar-refractivity contribution is 5.94. The molecule has 2 amide bonds. The van der Waals surface area contributed by atoms with Crippen molar-refractivity contribution in [3.8, 4) is 6.07 Å². The number of likely N-dealkylation sites (tertiary alicyclic amines) is 1. The Morgan fingerprint density at radius 3 is 2.72 bits per heavy atom. The Labute approximate surface area is 146 Å². The normalized spacial score (nSPS) is 14.8. The van der Waals surface area contributed by atoms with Crippen LogP contribution in [0.3, 0.4) is 0 Å². The van der Waals surface area contributed by atoms with Crippen LogP contribution in [0.1, 0.15) is 39.1 Å². The second-order valence-electron chi connectivity index (χ2n) is 6.15. The summed E-state index contributed by atoms with van der Waals surface area (Å²) in [5.74, 6) is 0.162. The van der Waals surface area contributed by atoms with Gasteiger partial charge >= 0.3 is 0 Å². The number of nitriles is 1. The van der Waals surface area contributed by atoms with Gasteiger partial charge in [0.1, 0.15) is 6.26 Å². The zero-order valence-electron chi connectivity index (χ0n) is 13.8. The molecule has 6 nitrogen and oxygen atoms in total. The maximum atomic E-state index is 12.2. The Morgan fingerprint density at radius 2 is 2.04 bits per heavy atom. The molecule has 0 saturated carbocycles. The molecule has 3 rings (SSSR count). The monoisotopic (exact) mass is 337 g/mol. The third kappa shape index (κ3) is 4.07. The van der Waals surface area contributed by atoms with E-state index < -0.39 is 0 Å². The van der Waals surface area contributed by atoms with Gasteiger partial charge in [-0.05, 0) is 43.0 Å². The molecular weight excluding hydrogens is 318 g/mol. The van der Waals surface area contributed by atoms with E-state index in [9.17, 15) is 9.59 Å². The molecule has 0 spiro atoms. The van der Waals surface area contributed by atoms with Gasteiger partial charge in [0, 0.05) is 25.2 Å². The third-order valence-corrected chi connectivity index (χ3v) is 4.48. The van der Waals surface area contributed by atoms with Crippen LogP contribution in [0.2, 0.25) is 0 Å². The van der Waals surface area contributed by atoms with Crippen LogP contribution in [0.15, 0.2) is 47.3 Å². The van der Waals surface area contributed by atoms with Crippen LogP contribution in [0.4, 0.5) is 0 Å². The molecule has 0 unspecified atom stereocenters. The van der Waals surface area contributed by atoms with Crippen molar-refractivity contribution in [2.45, 2.75) is 12.8 Å². The molecule has 1 aromatic heterocycles. The van der Waals surface area contributed by atoms with Crippen LogP contribution in [0, 0.1) is 17.2 Å². The van der Waals surface area contributed by atoms with Crippen molar-refractivity contribution in [2.24, 2.45) is 5.92 Å². The number of rotatable bonds is 4. The molecule has 1 N–H and O–H groups in total. The van der Waals surface area contributed by atoms with E-state index in [-0.39, 0.29) is 11.8 Å². The minimum absolute atomic E-state index is 0.00967. The van der Waals surface area contributed by atoms with Gasteiger partial charge < -0.3 is 14.6 Å². The number of nitrogens with zero attached hydrogens (tertiary/aromatic N) is 2. The molecule has 0 aliphatic carbocycles. The minimum atomic E-state index is -0.172. The third-order valence-electron chi connectivity index (χ3n) is 4.48. The number of furan rings is 1. The van der Waals surface area contributed by atoms with E-state index in [4.69, 9.17) is 9.68 Å². The van der Waals surface area contributed by atoms with Gasteiger partial charge in [0.25, 0.3) is 11.8 Å². The number of nitrogens with one attached hydrogen (secondary N) is 1. The van der Waals surface area contributed by atoms with Crippen LogP contribution in [-0.4, -0.2) is 36.3 Å². The number of hydrogen-bond acceptors (Lipinski definition) is 4. The van der Waals surface area contributed by atoms with Crippen molar-refractivity contribution in [1.29, 1.82) is 5.26 Å². The first kappa shape index (κ1) is 16.8. The minimum Gasteiger partial charge on any atom is -0.472 e. The van der Waals surface area contributed by atoms with Gasteiger partial charge in [-0.25, -0.2) is 0 Å². The molecule has 0 radical (unpaired) electrons. The van der Waals surface area contributed by atoms with Crippen LogP contribution in [0.5, 0.6) is 0 Å². The number of benzene rings is 1. The number of amides is 2. The Bertz CT molecular complexity index is 784. The predicted octanol–water partition coefficient (Wildman–Crippen LogP) is 2.43. The van der Waals surface area contributed by atoms with E-state index in [1.165, 1.54) is 12.5 Å². The molecule has 2 aromatic rings. The second-order valence-corrected chi connectivity index (χ2v) is 6.15. The lowest BCUT2D eigenvalue weighted by Gasteiger charge is -2.31. The van der Waals surface area contributed by atoms with E-state index in [1.54, 1.807) is 30.3 Å². The lowest BCUT2D eigenvalue weighted by molar-refractivity contribution is 0.0683. The SMILES string of the molecule is N#Cc1cccc(C(=O)NCC2CCN(C(=O)c3ccoc3)CC2)c1. The van der Waals surface area contributed by atoms with Crippen molar-refractivity contribution < 1.29 is 14.0 Å². The number of hydrogen-bond donors (Lipinski definition) is 1. The highest BCUT2D eigenvalue weighted by Gasteiger charge is 2.24. The van der Waals surface area contributed by atoms with Crippen molar-refractivity contribution >= 4 is 11.8 Å². The first-order chi connectivity index (χ1) is 12.2. The molecule has 1 saturated heterocycles. The maximum absolute atomic E-state index is 12.2. The van der Waals surface area contributed by atoms with E-state index >= 15 is 0 Å². The van der Waals surface area contributed by atoms with Crippen LogP contribution >= 0.6 is 0 Å². The van der Waals surface area contributed by atoms with Gasteiger partial charge in [0.2, 0.25) is 0 Å². The Kier molecular flexibility index (Phi) is 5.14. The summed E-state index contributed by atoms with van der Waals surface area (Å²) in [6, 6.07) is 10.4. The highest BCUT2D eigenvalue weighted by atomic mass is 16.3. The molecular formula is C19H19N3O3. The molecule has 1 fully saturated rings. The summed E-state index contributed by atoms with van der Waals surface area (Å²) < 4.78 is 4.96. The quantitative estimate of drug-likeness (QED) is 0.928. The van der Waals surface area contributed by atoms with Crippen molar-refractivity contribution in [1.82, 2.24) is 10.2 Å². The van der Waals surface area contributed by atoms with E-state index in [0.29, 0.717) is 42.2 Å². The van der Waals surface area contributed by atoms with Gasteiger partial charge in [0.05, 0.1) is 23.5 Å². The second kappa shape index (κ2) is 7.67. The lowest BCUT2D eigenvalue weighted by atomic mass is 9.96. The fourth-order valence-corrected chi connectivity index (χ4v) is 2.98. The van der Waals surface area contributed by atoms with E-state index in [1.807, 2.05) is 11.0 Å². The van der Waals surface area contributed by atoms with Gasteiger partial charge in [-0.2, -0.15) is 5.26 Å². The fourth-order valence-electron chi connectivity index (χ4n) is 2.98. The molecule has 0 bridgehead atoms. The van der Waals surface area contributed by atoms with Crippen LogP contribution in [-0.2, 0) is 0 Å². The van der Waals surface area contributed by atoms with Gasteiger partial charge in [-0.15, -0.1) is 0 Å². The van der Waals surface area contributed by atoms with Crippen molar-refractivity contribution in [2.75, 3.05) is 19.6 Å². The Balaban J connectivity index is 1.47. The molecule has 0 atom stereocenters. The van der Waals surface area contributed by atoms with Crippen molar-refractivity contribution in [3.63, 3.8) is 0 Å². The maximum Gasteiger partial charge on any atom is 0.257 e. The molecule has 1 aliphatic heterocycles. The number of piperidine rings is 1. The summed E-state index contributed by atoms with van der Waals surface area (Å²) in [7, 11) is 0. The first-order valence-electron chi connectivity index (χ1n) is 8.27. The molecule has 1 aromatic carbocycles. The summed E-state index contributed by atoms with van der Waals surface area (Å²) in [5.41, 5.74) is 1.54. The Morgan fingerprint density at radius 1 is 1.24 bits per heavy atom.